The van der Waals surface area contributed by atoms with Gasteiger partial charge in [-0.1, -0.05) is 36.4 Å². The number of hydrogen-bond donors (Lipinski definition) is 1. The summed E-state index contributed by atoms with van der Waals surface area (Å²) in [6, 6.07) is 19.2. The highest BCUT2D eigenvalue weighted by Gasteiger charge is 2.32. The molecule has 26 heavy (non-hydrogen) atoms. The van der Waals surface area contributed by atoms with Crippen molar-refractivity contribution in [1.82, 2.24) is 9.76 Å². The molecule has 2 aromatic carbocycles. The summed E-state index contributed by atoms with van der Waals surface area (Å²) < 4.78 is 14.1. The molecule has 9 heteroatoms. The molecule has 5 nitrogen and oxygen atoms in total. The second-order valence-electron chi connectivity index (χ2n) is 5.90. The van der Waals surface area contributed by atoms with E-state index in [4.69, 9.17) is 32.7 Å². The van der Waals surface area contributed by atoms with Crippen molar-refractivity contribution < 1.29 is 9.05 Å². The maximum atomic E-state index is 6.12. The van der Waals surface area contributed by atoms with Gasteiger partial charge in [0.15, 0.2) is 0 Å². The third-order valence-corrected chi connectivity index (χ3v) is 7.89. The minimum absolute atomic E-state index is 0.660. The monoisotopic (exact) mass is 425 g/mol. The molecule has 0 bridgehead atoms. The van der Waals surface area contributed by atoms with Gasteiger partial charge in [-0.15, -0.1) is 0 Å². The Morgan fingerprint density at radius 3 is 2.04 bits per heavy atom. The molecule has 138 valence electrons. The second-order valence-corrected chi connectivity index (χ2v) is 14.4. The molecular formula is C17H21N3O2P2S2. The van der Waals surface area contributed by atoms with Crippen LogP contribution in [0.1, 0.15) is 0 Å². The number of hydrogen-bond acceptors (Lipinski definition) is 5. The molecule has 0 aromatic heterocycles. The van der Waals surface area contributed by atoms with Gasteiger partial charge in [-0.3, -0.25) is 14.8 Å². The topological polar surface area (TPSA) is 46.1 Å². The molecule has 0 amide bonds. The Morgan fingerprint density at radius 1 is 0.923 bits per heavy atom. The fourth-order valence-corrected chi connectivity index (χ4v) is 6.46. The lowest BCUT2D eigenvalue weighted by atomic mass is 10.3. The van der Waals surface area contributed by atoms with E-state index in [0.29, 0.717) is 19.0 Å². The van der Waals surface area contributed by atoms with E-state index in [1.54, 1.807) is 0 Å². The Labute approximate surface area is 164 Å². The van der Waals surface area contributed by atoms with Gasteiger partial charge in [0.05, 0.1) is 6.54 Å². The number of guanidine groups is 1. The number of aliphatic imine (C=N–C) groups is 1. The Bertz CT molecular complexity index is 878. The van der Waals surface area contributed by atoms with Gasteiger partial charge in [0.2, 0.25) is 18.8 Å². The van der Waals surface area contributed by atoms with Gasteiger partial charge in [0.1, 0.15) is 11.5 Å². The number of benzene rings is 2. The van der Waals surface area contributed by atoms with Crippen molar-refractivity contribution in [2.75, 3.05) is 26.4 Å². The highest BCUT2D eigenvalue weighted by molar-refractivity contribution is 8.12. The van der Waals surface area contributed by atoms with E-state index in [9.17, 15) is 0 Å². The zero-order valence-electron chi connectivity index (χ0n) is 14.6. The van der Waals surface area contributed by atoms with Crippen LogP contribution in [0.25, 0.3) is 0 Å². The van der Waals surface area contributed by atoms with Gasteiger partial charge in [0, 0.05) is 19.9 Å². The normalized spacial score (nSPS) is 18.4. The quantitative estimate of drug-likeness (QED) is 0.697. The summed E-state index contributed by atoms with van der Waals surface area (Å²) in [7, 11) is 0. The highest BCUT2D eigenvalue weighted by Crippen LogP contribution is 2.50. The van der Waals surface area contributed by atoms with E-state index < -0.39 is 12.8 Å². The fraction of sp³-hybridized carbons (Fsp3) is 0.235. The summed E-state index contributed by atoms with van der Waals surface area (Å²) >= 11 is 11.5. The lowest BCUT2D eigenvalue weighted by Crippen LogP contribution is -2.36. The molecule has 1 aliphatic heterocycles. The van der Waals surface area contributed by atoms with Crippen LogP contribution in [0.5, 0.6) is 11.5 Å². The Balaban J connectivity index is 1.71. The fourth-order valence-electron chi connectivity index (χ4n) is 2.50. The smallest absolute Gasteiger partial charge is 0.206 e. The predicted molar refractivity (Wildman–Crippen MR) is 117 cm³/mol. The first kappa shape index (κ1) is 19.4. The first-order chi connectivity index (χ1) is 12.4. The van der Waals surface area contributed by atoms with Crippen molar-refractivity contribution in [3.05, 3.63) is 60.7 Å². The Kier molecular flexibility index (Phi) is 6.03. The third kappa shape index (κ3) is 5.08. The van der Waals surface area contributed by atoms with Crippen LogP contribution in [0, 0.1) is 0 Å². The molecule has 2 atom stereocenters. The maximum absolute atomic E-state index is 6.12. The van der Waals surface area contributed by atoms with Gasteiger partial charge in [-0.25, -0.2) is 0 Å². The molecule has 1 heterocycles. The molecule has 0 spiro atoms. The van der Waals surface area contributed by atoms with Crippen molar-refractivity contribution in [1.29, 1.82) is 0 Å². The van der Waals surface area contributed by atoms with E-state index in [0.717, 1.165) is 11.5 Å². The number of rotatable bonds is 6. The van der Waals surface area contributed by atoms with Gasteiger partial charge in [-0.05, 0) is 47.9 Å². The lowest BCUT2D eigenvalue weighted by Gasteiger charge is -2.33. The van der Waals surface area contributed by atoms with Crippen LogP contribution in [0.15, 0.2) is 65.7 Å². The highest BCUT2D eigenvalue weighted by atomic mass is 32.5. The largest absolute Gasteiger partial charge is 0.449 e. The SMILES string of the molecule is CP(=S)(NC1=NCCN1P(C)(=S)Oc1ccccc1)Oc1ccccc1. The summed E-state index contributed by atoms with van der Waals surface area (Å²) in [5, 5.41) is 3.31. The molecule has 0 fully saturated rings. The number of nitrogens with one attached hydrogen (secondary N) is 1. The number of nitrogens with zero attached hydrogens (tertiary/aromatic N) is 2. The molecule has 2 aromatic rings. The maximum Gasteiger partial charge on any atom is 0.206 e. The Hall–Kier alpha value is -1.39. The standard InChI is InChI=1S/C17H21N3O2P2S2/c1-23(25,21-15-9-5-3-6-10-15)19-17-18-13-14-20(17)24(2,26)22-16-11-7-4-8-12-16/h3-12H,13-14H2,1-2H3,(H,18,19,25). The van der Waals surface area contributed by atoms with Gasteiger partial charge < -0.3 is 9.05 Å². The third-order valence-electron chi connectivity index (χ3n) is 3.60. The molecule has 3 rings (SSSR count). The average molecular weight is 425 g/mol. The van der Waals surface area contributed by atoms with Crippen molar-refractivity contribution in [2.24, 2.45) is 4.99 Å². The Morgan fingerprint density at radius 2 is 1.46 bits per heavy atom. The van der Waals surface area contributed by atoms with Crippen LogP contribution in [0.2, 0.25) is 0 Å². The van der Waals surface area contributed by atoms with Crippen molar-refractivity contribution in [2.45, 2.75) is 0 Å². The summed E-state index contributed by atoms with van der Waals surface area (Å²) in [5.74, 6) is 2.18. The van der Waals surface area contributed by atoms with E-state index in [-0.39, 0.29) is 0 Å². The molecular weight excluding hydrogens is 404 g/mol. The van der Waals surface area contributed by atoms with Crippen LogP contribution in [-0.2, 0) is 23.6 Å². The summed E-state index contributed by atoms with van der Waals surface area (Å²) in [6.45, 7) is 5.22. The zero-order valence-corrected chi connectivity index (χ0v) is 18.0. The van der Waals surface area contributed by atoms with Crippen LogP contribution >= 0.6 is 12.8 Å². The molecule has 0 saturated heterocycles. The second kappa shape index (κ2) is 8.10. The molecule has 1 N–H and O–H groups in total. The van der Waals surface area contributed by atoms with Crippen molar-refractivity contribution in [3.8, 4) is 11.5 Å². The molecule has 0 radical (unpaired) electrons. The summed E-state index contributed by atoms with van der Waals surface area (Å²) in [5.41, 5.74) is 0. The molecule has 1 aliphatic rings. The van der Waals surface area contributed by atoms with Crippen LogP contribution in [0.3, 0.4) is 0 Å². The molecule has 0 aliphatic carbocycles. The van der Waals surface area contributed by atoms with Crippen LogP contribution in [0.4, 0.5) is 0 Å². The van der Waals surface area contributed by atoms with Gasteiger partial charge in [0.25, 0.3) is 0 Å². The van der Waals surface area contributed by atoms with E-state index in [2.05, 4.69) is 10.1 Å². The average Bonchev–Trinajstić information content (AvgIpc) is 3.04. The molecule has 2 unspecified atom stereocenters. The van der Waals surface area contributed by atoms with Gasteiger partial charge in [-0.2, -0.15) is 0 Å². The summed E-state index contributed by atoms with van der Waals surface area (Å²) in [4.78, 5) is 4.55. The van der Waals surface area contributed by atoms with Crippen LogP contribution < -0.4 is 14.1 Å². The van der Waals surface area contributed by atoms with Crippen molar-refractivity contribution >= 4 is 42.4 Å². The zero-order chi connectivity index (χ0) is 18.6. The van der Waals surface area contributed by atoms with E-state index >= 15 is 0 Å². The lowest BCUT2D eigenvalue weighted by molar-refractivity contribution is 0.546. The first-order valence-electron chi connectivity index (χ1n) is 8.11. The number of para-hydroxylation sites is 2. The van der Waals surface area contributed by atoms with E-state index in [1.807, 2.05) is 78.7 Å². The minimum Gasteiger partial charge on any atom is -0.449 e. The van der Waals surface area contributed by atoms with E-state index in [1.165, 1.54) is 0 Å². The van der Waals surface area contributed by atoms with Crippen molar-refractivity contribution in [3.63, 3.8) is 0 Å². The predicted octanol–water partition coefficient (Wildman–Crippen LogP) is 4.28. The van der Waals surface area contributed by atoms with Gasteiger partial charge >= 0.3 is 0 Å². The minimum atomic E-state index is -2.33. The first-order valence-corrected chi connectivity index (χ1v) is 14.4. The summed E-state index contributed by atoms with van der Waals surface area (Å²) in [6.07, 6.45) is -4.62. The molecule has 0 saturated carbocycles. The van der Waals surface area contributed by atoms with Crippen LogP contribution in [-0.4, -0.2) is 37.0 Å².